The molecule has 0 aliphatic heterocycles. The zero-order valence-electron chi connectivity index (χ0n) is 10.9. The van der Waals surface area contributed by atoms with E-state index in [1.165, 1.54) is 23.1 Å². The lowest BCUT2D eigenvalue weighted by Gasteiger charge is -2.21. The first-order valence-electron chi connectivity index (χ1n) is 6.52. The van der Waals surface area contributed by atoms with Crippen molar-refractivity contribution in [2.45, 2.75) is 32.1 Å². The normalized spacial score (nSPS) is 18.4. The third kappa shape index (κ3) is 1.80. The number of nitrogens with one attached hydrogen (secondary N) is 1. The van der Waals surface area contributed by atoms with Crippen molar-refractivity contribution in [3.63, 3.8) is 0 Å². The fourth-order valence-electron chi connectivity index (χ4n) is 2.78. The van der Waals surface area contributed by atoms with Crippen LogP contribution in [0.4, 0.5) is 5.88 Å². The standard InChI is InChI=1S/C15H18N2O/c1-10-6-8-11(9-7-10)12-4-3-5-13-14(12)17-18-15(13)16-2/h6-9,12,16H,3-5H2,1-2H3. The molecule has 0 bridgehead atoms. The first kappa shape index (κ1) is 11.3. The molecule has 0 saturated carbocycles. The van der Waals surface area contributed by atoms with E-state index in [4.69, 9.17) is 4.52 Å². The van der Waals surface area contributed by atoms with E-state index in [2.05, 4.69) is 41.7 Å². The van der Waals surface area contributed by atoms with Gasteiger partial charge >= 0.3 is 0 Å². The highest BCUT2D eigenvalue weighted by Gasteiger charge is 2.28. The summed E-state index contributed by atoms with van der Waals surface area (Å²) in [4.78, 5) is 0. The zero-order chi connectivity index (χ0) is 12.5. The summed E-state index contributed by atoms with van der Waals surface area (Å²) in [6.45, 7) is 2.12. The van der Waals surface area contributed by atoms with Crippen LogP contribution in [-0.4, -0.2) is 12.2 Å². The minimum Gasteiger partial charge on any atom is -0.357 e. The van der Waals surface area contributed by atoms with Gasteiger partial charge in [-0.2, -0.15) is 0 Å². The Morgan fingerprint density at radius 3 is 2.78 bits per heavy atom. The molecule has 1 aromatic heterocycles. The first-order valence-corrected chi connectivity index (χ1v) is 6.52. The maximum Gasteiger partial charge on any atom is 0.227 e. The molecule has 3 rings (SSSR count). The van der Waals surface area contributed by atoms with Gasteiger partial charge in [0.25, 0.3) is 0 Å². The summed E-state index contributed by atoms with van der Waals surface area (Å²) in [5.74, 6) is 1.22. The molecule has 1 aromatic carbocycles. The minimum atomic E-state index is 0.389. The van der Waals surface area contributed by atoms with Crippen molar-refractivity contribution in [1.82, 2.24) is 5.16 Å². The molecule has 1 aliphatic carbocycles. The van der Waals surface area contributed by atoms with Crippen LogP contribution in [0.15, 0.2) is 28.8 Å². The Bertz CT molecular complexity index is 542. The van der Waals surface area contributed by atoms with E-state index in [9.17, 15) is 0 Å². The highest BCUT2D eigenvalue weighted by atomic mass is 16.5. The molecule has 3 nitrogen and oxygen atoms in total. The van der Waals surface area contributed by atoms with E-state index < -0.39 is 0 Å². The van der Waals surface area contributed by atoms with Crippen molar-refractivity contribution in [1.29, 1.82) is 0 Å². The lowest BCUT2D eigenvalue weighted by molar-refractivity contribution is 0.420. The minimum absolute atomic E-state index is 0.389. The van der Waals surface area contributed by atoms with Gasteiger partial charge < -0.3 is 9.84 Å². The van der Waals surface area contributed by atoms with Gasteiger partial charge in [-0.05, 0) is 31.7 Å². The van der Waals surface area contributed by atoms with Crippen molar-refractivity contribution in [2.75, 3.05) is 12.4 Å². The van der Waals surface area contributed by atoms with Crippen molar-refractivity contribution in [3.05, 3.63) is 46.6 Å². The van der Waals surface area contributed by atoms with Gasteiger partial charge in [-0.15, -0.1) is 0 Å². The number of hydrogen-bond acceptors (Lipinski definition) is 3. The van der Waals surface area contributed by atoms with E-state index in [1.807, 2.05) is 7.05 Å². The van der Waals surface area contributed by atoms with Crippen LogP contribution in [0.25, 0.3) is 0 Å². The molecular formula is C15H18N2O. The highest BCUT2D eigenvalue weighted by molar-refractivity contribution is 5.48. The fourth-order valence-corrected chi connectivity index (χ4v) is 2.78. The van der Waals surface area contributed by atoms with E-state index in [1.54, 1.807) is 0 Å². The molecule has 0 radical (unpaired) electrons. The number of aromatic nitrogens is 1. The van der Waals surface area contributed by atoms with E-state index in [-0.39, 0.29) is 0 Å². The molecule has 0 saturated heterocycles. The Balaban J connectivity index is 2.00. The van der Waals surface area contributed by atoms with Crippen LogP contribution >= 0.6 is 0 Å². The molecule has 1 aliphatic rings. The average Bonchev–Trinajstić information content (AvgIpc) is 2.82. The van der Waals surface area contributed by atoms with Crippen molar-refractivity contribution < 1.29 is 4.52 Å². The van der Waals surface area contributed by atoms with Crippen LogP contribution in [0, 0.1) is 6.92 Å². The quantitative estimate of drug-likeness (QED) is 0.876. The van der Waals surface area contributed by atoms with Gasteiger partial charge in [-0.3, -0.25) is 0 Å². The number of benzene rings is 1. The molecule has 2 aromatic rings. The van der Waals surface area contributed by atoms with Crippen molar-refractivity contribution in [3.8, 4) is 0 Å². The highest BCUT2D eigenvalue weighted by Crippen LogP contribution is 2.38. The molecule has 1 N–H and O–H groups in total. The number of rotatable bonds is 2. The summed E-state index contributed by atoms with van der Waals surface area (Å²) in [5.41, 5.74) is 5.02. The van der Waals surface area contributed by atoms with Gasteiger partial charge in [0.1, 0.15) is 0 Å². The second kappa shape index (κ2) is 4.48. The van der Waals surface area contributed by atoms with Gasteiger partial charge in [-0.1, -0.05) is 35.0 Å². The van der Waals surface area contributed by atoms with Gasteiger partial charge in [-0.25, -0.2) is 0 Å². The maximum atomic E-state index is 5.38. The summed E-state index contributed by atoms with van der Waals surface area (Å²) in [6, 6.07) is 8.76. The molecule has 3 heteroatoms. The first-order chi connectivity index (χ1) is 8.79. The summed E-state index contributed by atoms with van der Waals surface area (Å²) in [5, 5.41) is 7.36. The number of anilines is 1. The molecule has 1 atom stereocenters. The average molecular weight is 242 g/mol. The second-order valence-electron chi connectivity index (χ2n) is 4.98. The van der Waals surface area contributed by atoms with E-state index in [0.717, 1.165) is 24.4 Å². The lowest BCUT2D eigenvalue weighted by Crippen LogP contribution is -2.11. The number of nitrogens with zero attached hydrogens (tertiary/aromatic N) is 1. The molecular weight excluding hydrogens is 224 g/mol. The summed E-state index contributed by atoms with van der Waals surface area (Å²) >= 11 is 0. The zero-order valence-corrected chi connectivity index (χ0v) is 10.9. The summed E-state index contributed by atoms with van der Waals surface area (Å²) in [7, 11) is 1.89. The molecule has 0 fully saturated rings. The number of fused-ring (bicyclic) bond motifs is 1. The second-order valence-corrected chi connectivity index (χ2v) is 4.98. The van der Waals surface area contributed by atoms with Gasteiger partial charge in [0, 0.05) is 18.5 Å². The van der Waals surface area contributed by atoms with Gasteiger partial charge in [0.2, 0.25) is 5.88 Å². The molecule has 0 amide bonds. The van der Waals surface area contributed by atoms with E-state index >= 15 is 0 Å². The molecule has 18 heavy (non-hydrogen) atoms. The fraction of sp³-hybridized carbons (Fsp3) is 0.400. The predicted octanol–water partition coefficient (Wildman–Crippen LogP) is 3.49. The number of hydrogen-bond donors (Lipinski definition) is 1. The number of aryl methyl sites for hydroxylation is 1. The smallest absolute Gasteiger partial charge is 0.227 e. The lowest BCUT2D eigenvalue weighted by atomic mass is 9.83. The molecule has 1 unspecified atom stereocenters. The Morgan fingerprint density at radius 1 is 1.28 bits per heavy atom. The SMILES string of the molecule is CNc1onc2c1CCCC2c1ccc(C)cc1. The van der Waals surface area contributed by atoms with Crippen LogP contribution in [0.1, 0.15) is 41.1 Å². The largest absolute Gasteiger partial charge is 0.357 e. The van der Waals surface area contributed by atoms with Crippen LogP contribution in [0.2, 0.25) is 0 Å². The third-order valence-corrected chi connectivity index (χ3v) is 3.77. The van der Waals surface area contributed by atoms with Crippen LogP contribution in [0.3, 0.4) is 0 Å². The molecule has 1 heterocycles. The maximum absolute atomic E-state index is 5.38. The van der Waals surface area contributed by atoms with Gasteiger partial charge in [0.05, 0.1) is 5.69 Å². The van der Waals surface area contributed by atoms with Crippen LogP contribution < -0.4 is 5.32 Å². The van der Waals surface area contributed by atoms with Crippen LogP contribution in [0.5, 0.6) is 0 Å². The Hall–Kier alpha value is -1.77. The summed E-state index contributed by atoms with van der Waals surface area (Å²) in [6.07, 6.45) is 3.42. The topological polar surface area (TPSA) is 38.1 Å². The Labute approximate surface area is 107 Å². The Kier molecular flexibility index (Phi) is 2.82. The van der Waals surface area contributed by atoms with Crippen molar-refractivity contribution >= 4 is 5.88 Å². The van der Waals surface area contributed by atoms with E-state index in [0.29, 0.717) is 5.92 Å². The molecule has 0 spiro atoms. The third-order valence-electron chi connectivity index (χ3n) is 3.77. The monoisotopic (exact) mass is 242 g/mol. The van der Waals surface area contributed by atoms with Gasteiger partial charge in [0.15, 0.2) is 0 Å². The van der Waals surface area contributed by atoms with Crippen LogP contribution in [-0.2, 0) is 6.42 Å². The predicted molar refractivity (Wildman–Crippen MR) is 72.0 cm³/mol. The summed E-state index contributed by atoms with van der Waals surface area (Å²) < 4.78 is 5.38. The Morgan fingerprint density at radius 2 is 2.06 bits per heavy atom. The van der Waals surface area contributed by atoms with Crippen molar-refractivity contribution in [2.24, 2.45) is 0 Å². The molecule has 94 valence electrons.